The minimum atomic E-state index is -1.02. The van der Waals surface area contributed by atoms with Gasteiger partial charge in [-0.15, -0.1) is 11.3 Å². The summed E-state index contributed by atoms with van der Waals surface area (Å²) in [5.74, 6) is -1.25. The highest BCUT2D eigenvalue weighted by Crippen LogP contribution is 2.58. The molecule has 6 nitrogen and oxygen atoms in total. The lowest BCUT2D eigenvalue weighted by molar-refractivity contribution is -0.114. The number of thiophene rings is 1. The van der Waals surface area contributed by atoms with Crippen LogP contribution in [0.3, 0.4) is 0 Å². The molecule has 378 valence electrons. The van der Waals surface area contributed by atoms with Gasteiger partial charge >= 0.3 is 5.97 Å². The number of amides is 1. The summed E-state index contributed by atoms with van der Waals surface area (Å²) in [6, 6.07) is 52.7. The van der Waals surface area contributed by atoms with Crippen LogP contribution in [0.25, 0.3) is 38.8 Å². The van der Waals surface area contributed by atoms with Crippen LogP contribution >= 0.6 is 11.3 Å². The summed E-state index contributed by atoms with van der Waals surface area (Å²) >= 11 is 1.66. The zero-order chi connectivity index (χ0) is 51.8. The van der Waals surface area contributed by atoms with Crippen molar-refractivity contribution in [3.05, 3.63) is 184 Å². The fourth-order valence-electron chi connectivity index (χ4n) is 12.4. The Morgan fingerprint density at radius 3 is 1.54 bits per heavy atom. The zero-order valence-corrected chi connectivity index (χ0v) is 45.2. The monoisotopic (exact) mass is 998 g/mol. The van der Waals surface area contributed by atoms with Crippen molar-refractivity contribution in [2.45, 2.75) is 136 Å². The average molecular weight is 998 g/mol. The van der Waals surface area contributed by atoms with Gasteiger partial charge in [0.25, 0.3) is 5.91 Å². The number of carboxylic acid groups (broad SMARTS) is 1. The Morgan fingerprint density at radius 2 is 1.07 bits per heavy atom. The van der Waals surface area contributed by atoms with Crippen LogP contribution in [-0.2, 0) is 15.6 Å². The highest BCUT2D eigenvalue weighted by atomic mass is 32.1. The van der Waals surface area contributed by atoms with E-state index in [1.807, 2.05) is 6.08 Å². The highest BCUT2D eigenvalue weighted by Gasteiger charge is 2.44. The molecule has 2 heterocycles. The molecule has 1 N–H and O–H groups in total. The van der Waals surface area contributed by atoms with Crippen molar-refractivity contribution in [3.8, 4) is 32.7 Å². The summed E-state index contributed by atoms with van der Waals surface area (Å²) in [7, 11) is 0. The molecule has 0 spiro atoms. The largest absolute Gasteiger partial charge is 0.478 e. The molecular weight excluding hydrogens is 927 g/mol. The second-order valence-electron chi connectivity index (χ2n) is 21.9. The summed E-state index contributed by atoms with van der Waals surface area (Å²) < 4.78 is 0. The Kier molecular flexibility index (Phi) is 14.3. The molecule has 7 aromatic rings. The molecule has 7 heteroatoms. The van der Waals surface area contributed by atoms with Gasteiger partial charge in [0, 0.05) is 43.1 Å². The zero-order valence-electron chi connectivity index (χ0n) is 44.4. The maximum absolute atomic E-state index is 14.1. The third-order valence-corrected chi connectivity index (χ3v) is 17.2. The smallest absolute Gasteiger partial charge is 0.335 e. The first-order chi connectivity index (χ1) is 35.8. The van der Waals surface area contributed by atoms with E-state index in [0.29, 0.717) is 17.0 Å². The molecule has 0 bridgehead atoms. The van der Waals surface area contributed by atoms with Crippen LogP contribution in [0.2, 0.25) is 0 Å². The van der Waals surface area contributed by atoms with E-state index in [-0.39, 0.29) is 22.3 Å². The van der Waals surface area contributed by atoms with Crippen LogP contribution < -0.4 is 9.91 Å². The van der Waals surface area contributed by atoms with Crippen molar-refractivity contribution in [1.82, 2.24) is 0 Å². The number of anilines is 4. The molecule has 74 heavy (non-hydrogen) atoms. The molecule has 1 aromatic heterocycles. The van der Waals surface area contributed by atoms with Crippen molar-refractivity contribution in [3.63, 3.8) is 0 Å². The molecule has 0 saturated heterocycles. The standard InChI is InChI=1S/C67H71N3O3S/c1-8-12-38-66(39-13-9-2)57-22-18-16-20-52(57)54-35-32-49(42-59(54)66)69(50-33-36-55-53-21-17-19-23-58(53)67(40-14-10-3,41-15-11-4)60(55)43-50)47-28-24-45(25-29-47)61-37-34-51(74-61)44-56-62(65(5,6)7)68-70(63(56)71)48-30-26-46(27-31-48)64(72)73/h16-37,42-44H,8-15,38-41H2,1-7H3,(H,72,73). The Morgan fingerprint density at radius 1 is 0.595 bits per heavy atom. The minimum absolute atomic E-state index is 0.0425. The Balaban J connectivity index is 1.07. The Bertz CT molecular complexity index is 3140. The number of benzene rings is 6. The summed E-state index contributed by atoms with van der Waals surface area (Å²) in [4.78, 5) is 30.3. The number of carbonyl (C=O) groups is 2. The Labute approximate surface area is 443 Å². The van der Waals surface area contributed by atoms with Gasteiger partial charge in [-0.2, -0.15) is 10.1 Å². The van der Waals surface area contributed by atoms with Gasteiger partial charge < -0.3 is 10.0 Å². The van der Waals surface area contributed by atoms with E-state index < -0.39 is 11.4 Å². The highest BCUT2D eigenvalue weighted by molar-refractivity contribution is 7.16. The lowest BCUT2D eigenvalue weighted by atomic mass is 9.70. The van der Waals surface area contributed by atoms with Crippen molar-refractivity contribution in [2.24, 2.45) is 10.5 Å². The first-order valence-corrected chi connectivity index (χ1v) is 28.2. The number of hydrogen-bond acceptors (Lipinski definition) is 5. The number of aromatic carboxylic acids is 1. The van der Waals surface area contributed by atoms with E-state index in [1.165, 1.54) is 98.7 Å². The SMILES string of the molecule is CCCCC1(CCCC)c2ccccc2-c2ccc(N(c3ccc(-c4ccc(C=C5C(=O)N(c6ccc(C(=O)O)cc6)N=C5C(C)(C)C)s4)cc3)c3ccc4c(c3)C(CCCC)(CCCC)c3ccccc3-4)cc21. The Hall–Kier alpha value is -6.83. The van der Waals surface area contributed by atoms with Gasteiger partial charge in [0.1, 0.15) is 0 Å². The number of hydrogen-bond donors (Lipinski definition) is 1. The van der Waals surface area contributed by atoms with Crippen molar-refractivity contribution in [1.29, 1.82) is 0 Å². The van der Waals surface area contributed by atoms with E-state index in [2.05, 4.69) is 175 Å². The van der Waals surface area contributed by atoms with Crippen LogP contribution in [-0.4, -0.2) is 22.7 Å². The predicted molar refractivity (Wildman–Crippen MR) is 311 cm³/mol. The lowest BCUT2D eigenvalue weighted by Gasteiger charge is -2.35. The van der Waals surface area contributed by atoms with Crippen LogP contribution in [0.4, 0.5) is 22.7 Å². The molecule has 0 radical (unpaired) electrons. The van der Waals surface area contributed by atoms with Gasteiger partial charge in [-0.3, -0.25) is 4.79 Å². The maximum atomic E-state index is 14.1. The third-order valence-electron chi connectivity index (χ3n) is 16.1. The van der Waals surface area contributed by atoms with Gasteiger partial charge in [-0.05, 0) is 155 Å². The average Bonchev–Trinajstić information content (AvgIpc) is 4.17. The van der Waals surface area contributed by atoms with Crippen molar-refractivity contribution < 1.29 is 14.7 Å². The van der Waals surface area contributed by atoms with Crippen LogP contribution in [0.5, 0.6) is 0 Å². The molecule has 0 atom stereocenters. The number of nitrogens with zero attached hydrogens (tertiary/aromatic N) is 3. The van der Waals surface area contributed by atoms with Gasteiger partial charge in [0.15, 0.2) is 0 Å². The van der Waals surface area contributed by atoms with Gasteiger partial charge in [0.2, 0.25) is 0 Å². The fraction of sp³-hybridized carbons (Fsp3) is 0.328. The number of fused-ring (bicyclic) bond motifs is 6. The van der Waals surface area contributed by atoms with E-state index >= 15 is 0 Å². The second-order valence-corrected chi connectivity index (χ2v) is 23.1. The normalized spacial score (nSPS) is 15.5. The van der Waals surface area contributed by atoms with Crippen molar-refractivity contribution in [2.75, 3.05) is 9.91 Å². The molecule has 1 aliphatic heterocycles. The van der Waals surface area contributed by atoms with Crippen LogP contribution in [0, 0.1) is 5.41 Å². The van der Waals surface area contributed by atoms with Crippen molar-refractivity contribution >= 4 is 57.8 Å². The molecule has 2 aliphatic carbocycles. The van der Waals surface area contributed by atoms with Gasteiger partial charge in [-0.25, -0.2) is 4.79 Å². The van der Waals surface area contributed by atoms with E-state index in [0.717, 1.165) is 72.4 Å². The first kappa shape index (κ1) is 50.7. The second kappa shape index (κ2) is 20.8. The molecule has 0 fully saturated rings. The molecule has 0 saturated carbocycles. The van der Waals surface area contributed by atoms with Gasteiger partial charge in [0.05, 0.1) is 22.5 Å². The number of carboxylic acids is 1. The topological polar surface area (TPSA) is 73.2 Å². The summed E-state index contributed by atoms with van der Waals surface area (Å²) in [6.07, 6.45) is 15.9. The number of hydrazone groups is 1. The van der Waals surface area contributed by atoms with Crippen LogP contribution in [0.15, 0.2) is 156 Å². The lowest BCUT2D eigenvalue weighted by Crippen LogP contribution is -2.26. The molecular formula is C67H71N3O3S. The van der Waals surface area contributed by atoms with E-state index in [4.69, 9.17) is 5.10 Å². The molecule has 0 unspecified atom stereocenters. The summed E-state index contributed by atoms with van der Waals surface area (Å²) in [6.45, 7) is 15.5. The summed E-state index contributed by atoms with van der Waals surface area (Å²) in [5, 5.41) is 15.7. The fourth-order valence-corrected chi connectivity index (χ4v) is 13.3. The third kappa shape index (κ3) is 9.05. The van der Waals surface area contributed by atoms with E-state index in [1.54, 1.807) is 23.5 Å². The quantitative estimate of drug-likeness (QED) is 0.0820. The number of carbonyl (C=O) groups excluding carboxylic acids is 1. The van der Waals surface area contributed by atoms with E-state index in [9.17, 15) is 14.7 Å². The maximum Gasteiger partial charge on any atom is 0.335 e. The van der Waals surface area contributed by atoms with Crippen LogP contribution in [0.1, 0.15) is 163 Å². The number of rotatable bonds is 19. The molecule has 3 aliphatic rings. The molecule has 6 aromatic carbocycles. The molecule has 10 rings (SSSR count). The molecule has 1 amide bonds. The number of unbranched alkanes of at least 4 members (excludes halogenated alkanes) is 4. The van der Waals surface area contributed by atoms with Gasteiger partial charge in [-0.1, -0.05) is 173 Å². The predicted octanol–water partition coefficient (Wildman–Crippen LogP) is 18.7. The summed E-state index contributed by atoms with van der Waals surface area (Å²) in [5.41, 5.74) is 17.4. The first-order valence-electron chi connectivity index (χ1n) is 27.3. The minimum Gasteiger partial charge on any atom is -0.478 e.